The molecule has 1 amide bonds. The number of allylic oxidation sites excluding steroid dienone is 3. The second-order valence-electron chi connectivity index (χ2n) is 12.9. The van der Waals surface area contributed by atoms with E-state index in [9.17, 15) is 22.9 Å². The number of rotatable bonds is 33. The van der Waals surface area contributed by atoms with Gasteiger partial charge < -0.3 is 10.4 Å². The lowest BCUT2D eigenvalue weighted by Gasteiger charge is -2.21. The number of hydrogen-bond acceptors (Lipinski definition) is 4. The number of amides is 1. The Labute approximate surface area is 273 Å². The van der Waals surface area contributed by atoms with Crippen LogP contribution in [0.15, 0.2) is 24.3 Å². The lowest BCUT2D eigenvalue weighted by Crippen LogP contribution is -2.46. The van der Waals surface area contributed by atoms with E-state index in [1.54, 1.807) is 0 Å². The Morgan fingerprint density at radius 2 is 0.977 bits per heavy atom. The highest BCUT2D eigenvalue weighted by atomic mass is 32.2. The van der Waals surface area contributed by atoms with Crippen molar-refractivity contribution in [2.75, 3.05) is 5.75 Å². The summed E-state index contributed by atoms with van der Waals surface area (Å²) in [5.74, 6) is -0.995. The van der Waals surface area contributed by atoms with E-state index >= 15 is 0 Å². The summed E-state index contributed by atoms with van der Waals surface area (Å²) < 4.78 is 32.3. The van der Waals surface area contributed by atoms with Gasteiger partial charge in [-0.1, -0.05) is 173 Å². The second-order valence-corrected chi connectivity index (χ2v) is 14.4. The maximum Gasteiger partial charge on any atom is 0.267 e. The van der Waals surface area contributed by atoms with Gasteiger partial charge in [0.05, 0.1) is 17.9 Å². The molecule has 260 valence electrons. The molecule has 0 heterocycles. The maximum absolute atomic E-state index is 12.4. The summed E-state index contributed by atoms with van der Waals surface area (Å²) in [6.07, 6.45) is 38.7. The van der Waals surface area contributed by atoms with Crippen LogP contribution in [0.5, 0.6) is 0 Å². The van der Waals surface area contributed by atoms with Gasteiger partial charge in [-0.25, -0.2) is 0 Å². The molecule has 3 N–H and O–H groups in total. The fourth-order valence-corrected chi connectivity index (χ4v) is 6.32. The smallest absolute Gasteiger partial charge is 0.267 e. The standard InChI is InChI=1S/C37H71NO5S/c1-3-5-7-9-11-13-15-17-18-19-21-22-24-26-28-30-32-36(39)35(34-44(41,42)43)38-37(40)33-31-29-27-25-23-20-16-14-12-10-8-6-4-2/h22,24,30,32,35-36,39H,3-21,23,25-29,31,33-34H2,1-2H3,(H,38,40)(H,41,42,43)/b24-22+,32-30+. The third kappa shape index (κ3) is 32.2. The van der Waals surface area contributed by atoms with Gasteiger partial charge in [0.1, 0.15) is 0 Å². The van der Waals surface area contributed by atoms with Crippen LogP contribution in [0.1, 0.15) is 187 Å². The molecule has 0 aliphatic rings. The van der Waals surface area contributed by atoms with Gasteiger partial charge >= 0.3 is 0 Å². The van der Waals surface area contributed by atoms with Gasteiger partial charge in [-0.3, -0.25) is 9.35 Å². The van der Waals surface area contributed by atoms with E-state index < -0.39 is 28.0 Å². The van der Waals surface area contributed by atoms with Crippen molar-refractivity contribution in [1.29, 1.82) is 0 Å². The normalized spacial score (nSPS) is 13.6. The molecule has 0 rings (SSSR count). The number of unbranched alkanes of at least 4 members (excludes halogenated alkanes) is 23. The Balaban J connectivity index is 4.02. The maximum atomic E-state index is 12.4. The van der Waals surface area contributed by atoms with Crippen LogP contribution in [-0.2, 0) is 14.9 Å². The van der Waals surface area contributed by atoms with Gasteiger partial charge in [-0.05, 0) is 32.1 Å². The predicted octanol–water partition coefficient (Wildman–Crippen LogP) is 10.4. The summed E-state index contributed by atoms with van der Waals surface area (Å²) in [5, 5.41) is 13.2. The lowest BCUT2D eigenvalue weighted by molar-refractivity contribution is -0.122. The van der Waals surface area contributed by atoms with Crippen LogP contribution in [0.25, 0.3) is 0 Å². The molecule has 0 bridgehead atoms. The van der Waals surface area contributed by atoms with Crippen molar-refractivity contribution >= 4 is 16.0 Å². The highest BCUT2D eigenvalue weighted by Crippen LogP contribution is 2.14. The number of aliphatic hydroxyl groups is 1. The van der Waals surface area contributed by atoms with E-state index in [0.717, 1.165) is 38.5 Å². The monoisotopic (exact) mass is 642 g/mol. The van der Waals surface area contributed by atoms with Gasteiger partial charge in [-0.2, -0.15) is 8.42 Å². The Hall–Kier alpha value is -1.18. The zero-order chi connectivity index (χ0) is 32.6. The zero-order valence-electron chi connectivity index (χ0n) is 28.8. The second kappa shape index (κ2) is 31.8. The molecule has 0 saturated heterocycles. The molecule has 2 atom stereocenters. The third-order valence-electron chi connectivity index (χ3n) is 8.38. The summed E-state index contributed by atoms with van der Waals surface area (Å²) in [7, 11) is -4.34. The quantitative estimate of drug-likeness (QED) is 0.0376. The SMILES string of the molecule is CCCCCCCCCCCC/C=C/CC/C=C/C(O)C(CS(=O)(=O)O)NC(=O)CCCCCCCCCCCCCCC. The van der Waals surface area contributed by atoms with Crippen LogP contribution in [0.3, 0.4) is 0 Å². The van der Waals surface area contributed by atoms with E-state index in [1.807, 2.05) is 6.08 Å². The largest absolute Gasteiger partial charge is 0.387 e. The minimum Gasteiger partial charge on any atom is -0.387 e. The van der Waals surface area contributed by atoms with Gasteiger partial charge in [0.2, 0.25) is 5.91 Å². The molecule has 0 fully saturated rings. The summed E-state index contributed by atoms with van der Waals surface area (Å²) >= 11 is 0. The minimum absolute atomic E-state index is 0.288. The van der Waals surface area contributed by atoms with E-state index in [2.05, 4.69) is 31.3 Å². The fraction of sp³-hybridized carbons (Fsp3) is 0.865. The van der Waals surface area contributed by atoms with Gasteiger partial charge in [0.25, 0.3) is 10.1 Å². The predicted molar refractivity (Wildman–Crippen MR) is 189 cm³/mol. The van der Waals surface area contributed by atoms with Crippen molar-refractivity contribution in [3.8, 4) is 0 Å². The topological polar surface area (TPSA) is 104 Å². The van der Waals surface area contributed by atoms with Crippen molar-refractivity contribution in [3.05, 3.63) is 24.3 Å². The molecule has 2 unspecified atom stereocenters. The van der Waals surface area contributed by atoms with Crippen LogP contribution >= 0.6 is 0 Å². The average Bonchev–Trinajstić information content (AvgIpc) is 2.98. The number of aliphatic hydroxyl groups excluding tert-OH is 1. The summed E-state index contributed by atoms with van der Waals surface area (Å²) in [6.45, 7) is 4.50. The third-order valence-corrected chi connectivity index (χ3v) is 9.16. The number of carbonyl (C=O) groups excluding carboxylic acids is 1. The van der Waals surface area contributed by atoms with E-state index in [4.69, 9.17) is 0 Å². The molecule has 0 aliphatic heterocycles. The summed E-state index contributed by atoms with van der Waals surface area (Å²) in [5.41, 5.74) is 0. The Morgan fingerprint density at radius 3 is 1.43 bits per heavy atom. The Morgan fingerprint density at radius 1 is 0.591 bits per heavy atom. The number of nitrogens with one attached hydrogen (secondary N) is 1. The van der Waals surface area contributed by atoms with Gasteiger partial charge in [-0.15, -0.1) is 0 Å². The molecule has 0 aromatic rings. The first-order valence-corrected chi connectivity index (χ1v) is 20.1. The van der Waals surface area contributed by atoms with E-state index in [-0.39, 0.29) is 5.91 Å². The first kappa shape index (κ1) is 42.8. The first-order chi connectivity index (χ1) is 21.3. The molecule has 7 heteroatoms. The van der Waals surface area contributed by atoms with Gasteiger partial charge in [0, 0.05) is 6.42 Å². The molecule has 0 radical (unpaired) electrons. The number of carbonyl (C=O) groups is 1. The van der Waals surface area contributed by atoms with Gasteiger partial charge in [0.15, 0.2) is 0 Å². The van der Waals surface area contributed by atoms with Crippen molar-refractivity contribution in [1.82, 2.24) is 5.32 Å². The van der Waals surface area contributed by atoms with Crippen LogP contribution in [0.2, 0.25) is 0 Å². The van der Waals surface area contributed by atoms with Crippen molar-refractivity contribution in [3.63, 3.8) is 0 Å². The zero-order valence-corrected chi connectivity index (χ0v) is 29.6. The van der Waals surface area contributed by atoms with Crippen molar-refractivity contribution in [2.24, 2.45) is 0 Å². The molecule has 0 spiro atoms. The average molecular weight is 642 g/mol. The molecule has 6 nitrogen and oxygen atoms in total. The minimum atomic E-state index is -4.34. The molecular formula is C37H71NO5S. The summed E-state index contributed by atoms with van der Waals surface area (Å²) in [6, 6.07) is -1.07. The summed E-state index contributed by atoms with van der Waals surface area (Å²) in [4.78, 5) is 12.4. The van der Waals surface area contributed by atoms with Crippen LogP contribution in [0.4, 0.5) is 0 Å². The first-order valence-electron chi connectivity index (χ1n) is 18.5. The molecule has 0 aliphatic carbocycles. The highest BCUT2D eigenvalue weighted by molar-refractivity contribution is 7.85. The van der Waals surface area contributed by atoms with Crippen LogP contribution in [-0.4, -0.2) is 41.9 Å². The number of hydrogen-bond donors (Lipinski definition) is 3. The lowest BCUT2D eigenvalue weighted by atomic mass is 10.0. The molecule has 0 saturated carbocycles. The van der Waals surface area contributed by atoms with Crippen LogP contribution < -0.4 is 5.32 Å². The molecule has 0 aromatic carbocycles. The van der Waals surface area contributed by atoms with E-state index in [1.165, 1.54) is 134 Å². The molecule has 0 aromatic heterocycles. The highest BCUT2D eigenvalue weighted by Gasteiger charge is 2.24. The Bertz CT molecular complexity index is 796. The van der Waals surface area contributed by atoms with Crippen molar-refractivity contribution in [2.45, 2.75) is 199 Å². The molecular weight excluding hydrogens is 570 g/mol. The molecule has 44 heavy (non-hydrogen) atoms. The van der Waals surface area contributed by atoms with E-state index in [0.29, 0.717) is 6.42 Å². The van der Waals surface area contributed by atoms with Crippen molar-refractivity contribution < 1.29 is 22.9 Å². The van der Waals surface area contributed by atoms with Crippen LogP contribution in [0, 0.1) is 0 Å². The fourth-order valence-electron chi connectivity index (χ4n) is 5.58. The Kier molecular flexibility index (Phi) is 30.9.